The van der Waals surface area contributed by atoms with E-state index < -0.39 is 17.9 Å². The number of aromatic nitrogens is 2. The Hall–Kier alpha value is -1.73. The smallest absolute Gasteiger partial charge is 0.326 e. The lowest BCUT2D eigenvalue weighted by Crippen LogP contribution is -2.41. The molecule has 0 spiro atoms. The molecule has 8 heteroatoms. The summed E-state index contributed by atoms with van der Waals surface area (Å²) in [5, 5.41) is 26.7. The van der Waals surface area contributed by atoms with E-state index >= 15 is 0 Å². The number of halogens is 1. The first kappa shape index (κ1) is 13.3. The molecule has 7 nitrogen and oxygen atoms in total. The van der Waals surface area contributed by atoms with Gasteiger partial charge in [-0.15, -0.1) is 10.2 Å². The Bertz CT molecular complexity index is 409. The van der Waals surface area contributed by atoms with Crippen LogP contribution >= 0.6 is 11.6 Å². The largest absolute Gasteiger partial charge is 0.480 e. The van der Waals surface area contributed by atoms with Crippen LogP contribution in [0.25, 0.3) is 0 Å². The van der Waals surface area contributed by atoms with E-state index in [9.17, 15) is 9.59 Å². The van der Waals surface area contributed by atoms with Crippen molar-refractivity contribution in [3.8, 4) is 0 Å². The molecular formula is C9H10ClN3O4. The average molecular weight is 260 g/mol. The second-order valence-corrected chi connectivity index (χ2v) is 3.51. The number of aliphatic hydroxyl groups excluding tert-OH is 1. The van der Waals surface area contributed by atoms with Crippen molar-refractivity contribution in [3.63, 3.8) is 0 Å². The average Bonchev–Trinajstić information content (AvgIpc) is 2.29. The van der Waals surface area contributed by atoms with Gasteiger partial charge >= 0.3 is 5.97 Å². The third-order valence-electron chi connectivity index (χ3n) is 1.89. The summed E-state index contributed by atoms with van der Waals surface area (Å²) in [7, 11) is 0. The van der Waals surface area contributed by atoms with E-state index in [1.165, 1.54) is 12.1 Å². The number of carbonyl (C=O) groups excluding carboxylic acids is 1. The number of amides is 1. The molecule has 1 aromatic rings. The van der Waals surface area contributed by atoms with Crippen LogP contribution in [0.4, 0.5) is 0 Å². The summed E-state index contributed by atoms with van der Waals surface area (Å²) in [6.07, 6.45) is -0.0813. The number of rotatable bonds is 5. The number of aliphatic hydroxyl groups is 1. The lowest BCUT2D eigenvalue weighted by Gasteiger charge is -2.12. The zero-order chi connectivity index (χ0) is 12.8. The highest BCUT2D eigenvalue weighted by Gasteiger charge is 2.20. The molecule has 3 N–H and O–H groups in total. The minimum Gasteiger partial charge on any atom is -0.480 e. The number of hydrogen-bond acceptors (Lipinski definition) is 5. The first-order valence-electron chi connectivity index (χ1n) is 4.68. The van der Waals surface area contributed by atoms with Crippen LogP contribution in [0.1, 0.15) is 16.9 Å². The number of nitrogens with zero attached hydrogens (tertiary/aromatic N) is 2. The normalized spacial score (nSPS) is 11.9. The van der Waals surface area contributed by atoms with Gasteiger partial charge in [0.15, 0.2) is 10.8 Å². The maximum absolute atomic E-state index is 11.5. The summed E-state index contributed by atoms with van der Waals surface area (Å²) in [5.41, 5.74) is -0.0430. The molecule has 1 aromatic heterocycles. The maximum atomic E-state index is 11.5. The molecule has 0 fully saturated rings. The molecule has 1 unspecified atom stereocenters. The Kier molecular flexibility index (Phi) is 4.80. The Labute approximate surface area is 101 Å². The third kappa shape index (κ3) is 3.97. The van der Waals surface area contributed by atoms with Gasteiger partial charge in [-0.25, -0.2) is 4.79 Å². The van der Waals surface area contributed by atoms with Crippen LogP contribution in [-0.4, -0.2) is 44.9 Å². The summed E-state index contributed by atoms with van der Waals surface area (Å²) in [4.78, 5) is 22.3. The lowest BCUT2D eigenvalue weighted by atomic mass is 10.2. The zero-order valence-electron chi connectivity index (χ0n) is 8.63. The van der Waals surface area contributed by atoms with Crippen molar-refractivity contribution in [2.45, 2.75) is 12.5 Å². The maximum Gasteiger partial charge on any atom is 0.326 e. The molecule has 0 saturated heterocycles. The monoisotopic (exact) mass is 259 g/mol. The summed E-state index contributed by atoms with van der Waals surface area (Å²) in [6.45, 7) is -0.344. The van der Waals surface area contributed by atoms with Crippen LogP contribution in [0, 0.1) is 0 Å². The number of carboxylic acid groups (broad SMARTS) is 1. The van der Waals surface area contributed by atoms with Crippen molar-refractivity contribution in [1.82, 2.24) is 15.5 Å². The fourth-order valence-corrected chi connectivity index (χ4v) is 1.16. The van der Waals surface area contributed by atoms with E-state index in [4.69, 9.17) is 21.8 Å². The van der Waals surface area contributed by atoms with Crippen LogP contribution in [0.5, 0.6) is 0 Å². The topological polar surface area (TPSA) is 112 Å². The molecule has 1 heterocycles. The molecule has 92 valence electrons. The lowest BCUT2D eigenvalue weighted by molar-refractivity contribution is -0.139. The standard InChI is InChI=1S/C9H10ClN3O4/c10-7-2-1-5(12-13-7)8(15)11-6(3-4-14)9(16)17/h1-2,6,14H,3-4H2,(H,11,15)(H,16,17). The second kappa shape index (κ2) is 6.12. The van der Waals surface area contributed by atoms with Gasteiger partial charge in [0.2, 0.25) is 0 Å². The summed E-state index contributed by atoms with van der Waals surface area (Å²) < 4.78 is 0. The molecule has 0 aliphatic rings. The highest BCUT2D eigenvalue weighted by Crippen LogP contribution is 2.03. The second-order valence-electron chi connectivity index (χ2n) is 3.12. The van der Waals surface area contributed by atoms with Crippen LogP contribution in [0.15, 0.2) is 12.1 Å². The van der Waals surface area contributed by atoms with E-state index in [2.05, 4.69) is 15.5 Å². The predicted molar refractivity (Wildman–Crippen MR) is 57.6 cm³/mol. The van der Waals surface area contributed by atoms with Crippen LogP contribution in [0.3, 0.4) is 0 Å². The number of aliphatic carboxylic acids is 1. The van der Waals surface area contributed by atoms with Crippen molar-refractivity contribution in [3.05, 3.63) is 23.0 Å². The summed E-state index contributed by atoms with van der Waals surface area (Å²) >= 11 is 5.49. The van der Waals surface area contributed by atoms with Crippen molar-refractivity contribution < 1.29 is 19.8 Å². The first-order valence-corrected chi connectivity index (χ1v) is 5.06. The minimum atomic E-state index is -1.23. The predicted octanol–water partition coefficient (Wildman–Crippen LogP) is -0.305. The Balaban J connectivity index is 2.70. The fraction of sp³-hybridized carbons (Fsp3) is 0.333. The van der Waals surface area contributed by atoms with E-state index in [1.54, 1.807) is 0 Å². The van der Waals surface area contributed by atoms with Gasteiger partial charge in [-0.1, -0.05) is 11.6 Å². The molecule has 0 radical (unpaired) electrons. The van der Waals surface area contributed by atoms with Crippen LogP contribution in [0.2, 0.25) is 5.15 Å². The molecular weight excluding hydrogens is 250 g/mol. The van der Waals surface area contributed by atoms with E-state index in [-0.39, 0.29) is 23.9 Å². The Morgan fingerprint density at radius 2 is 2.12 bits per heavy atom. The molecule has 0 bridgehead atoms. The summed E-state index contributed by atoms with van der Waals surface area (Å²) in [6, 6.07) is 1.53. The number of carboxylic acids is 1. The molecule has 1 atom stereocenters. The van der Waals surface area contributed by atoms with Gasteiger partial charge < -0.3 is 15.5 Å². The fourth-order valence-electron chi connectivity index (χ4n) is 1.06. The van der Waals surface area contributed by atoms with E-state index in [0.717, 1.165) is 0 Å². The quantitative estimate of drug-likeness (QED) is 0.669. The third-order valence-corrected chi connectivity index (χ3v) is 2.09. The molecule has 0 saturated carbocycles. The van der Waals surface area contributed by atoms with Gasteiger partial charge in [-0.3, -0.25) is 4.79 Å². The first-order chi connectivity index (χ1) is 8.04. The Morgan fingerprint density at radius 1 is 1.41 bits per heavy atom. The van der Waals surface area contributed by atoms with Gasteiger partial charge in [-0.05, 0) is 12.1 Å². The molecule has 1 rings (SSSR count). The SMILES string of the molecule is O=C(NC(CCO)C(=O)O)c1ccc(Cl)nn1. The van der Waals surface area contributed by atoms with Gasteiger partial charge in [0.1, 0.15) is 6.04 Å². The van der Waals surface area contributed by atoms with Crippen LogP contribution in [-0.2, 0) is 4.79 Å². The molecule has 0 aliphatic heterocycles. The number of nitrogens with one attached hydrogen (secondary N) is 1. The van der Waals surface area contributed by atoms with Gasteiger partial charge in [0.05, 0.1) is 0 Å². The number of hydrogen-bond donors (Lipinski definition) is 3. The van der Waals surface area contributed by atoms with Crippen molar-refractivity contribution in [2.24, 2.45) is 0 Å². The van der Waals surface area contributed by atoms with Crippen molar-refractivity contribution in [1.29, 1.82) is 0 Å². The van der Waals surface area contributed by atoms with Crippen molar-refractivity contribution >= 4 is 23.5 Å². The van der Waals surface area contributed by atoms with E-state index in [1.807, 2.05) is 0 Å². The molecule has 17 heavy (non-hydrogen) atoms. The minimum absolute atomic E-state index is 0.0430. The number of carbonyl (C=O) groups is 2. The molecule has 0 aromatic carbocycles. The molecule has 1 amide bonds. The highest BCUT2D eigenvalue weighted by atomic mass is 35.5. The zero-order valence-corrected chi connectivity index (χ0v) is 9.39. The van der Waals surface area contributed by atoms with Crippen LogP contribution < -0.4 is 5.32 Å². The van der Waals surface area contributed by atoms with Gasteiger partial charge in [0.25, 0.3) is 5.91 Å². The van der Waals surface area contributed by atoms with E-state index in [0.29, 0.717) is 0 Å². The Morgan fingerprint density at radius 3 is 2.59 bits per heavy atom. The van der Waals surface area contributed by atoms with Gasteiger partial charge in [-0.2, -0.15) is 0 Å². The summed E-state index contributed by atoms with van der Waals surface area (Å²) in [5.74, 6) is -1.91. The van der Waals surface area contributed by atoms with Gasteiger partial charge in [0, 0.05) is 13.0 Å². The highest BCUT2D eigenvalue weighted by molar-refractivity contribution is 6.29. The molecule has 0 aliphatic carbocycles. The van der Waals surface area contributed by atoms with Crippen molar-refractivity contribution in [2.75, 3.05) is 6.61 Å².